The van der Waals surface area contributed by atoms with Gasteiger partial charge in [0.2, 0.25) is 15.9 Å². The van der Waals surface area contributed by atoms with Gasteiger partial charge in [0.1, 0.15) is 11.5 Å². The zero-order valence-electron chi connectivity index (χ0n) is 19.1. The molecule has 0 aliphatic carbocycles. The molecule has 0 radical (unpaired) electrons. The molecule has 0 saturated carbocycles. The maximum absolute atomic E-state index is 12.9. The summed E-state index contributed by atoms with van der Waals surface area (Å²) in [7, 11) is -0.231. The number of nitrogens with one attached hydrogen (secondary N) is 1. The average Bonchev–Trinajstić information content (AvgIpc) is 2.78. The van der Waals surface area contributed by atoms with Crippen LogP contribution >= 0.6 is 0 Å². The van der Waals surface area contributed by atoms with Crippen molar-refractivity contribution in [2.24, 2.45) is 5.92 Å². The van der Waals surface area contributed by atoms with Crippen LogP contribution < -0.4 is 14.8 Å². The van der Waals surface area contributed by atoms with Crippen molar-refractivity contribution in [1.29, 1.82) is 0 Å². The summed E-state index contributed by atoms with van der Waals surface area (Å²) in [6.07, 6.45) is 1.00. The van der Waals surface area contributed by atoms with Crippen LogP contribution in [0.1, 0.15) is 42.5 Å². The van der Waals surface area contributed by atoms with Gasteiger partial charge in [0.25, 0.3) is 0 Å². The summed E-state index contributed by atoms with van der Waals surface area (Å²) in [5.74, 6) is 1.06. The summed E-state index contributed by atoms with van der Waals surface area (Å²) in [4.78, 5) is 12.9. The summed E-state index contributed by atoms with van der Waals surface area (Å²) in [5, 5.41) is 3.05. The summed E-state index contributed by atoms with van der Waals surface area (Å²) in [6, 6.07) is 12.8. The normalized spacial score (nSPS) is 16.4. The minimum atomic E-state index is -3.41. The van der Waals surface area contributed by atoms with Crippen LogP contribution in [0.25, 0.3) is 0 Å². The van der Waals surface area contributed by atoms with Gasteiger partial charge in [0.15, 0.2) is 0 Å². The van der Waals surface area contributed by atoms with Gasteiger partial charge < -0.3 is 14.8 Å². The number of methoxy groups -OCH3 is 2. The number of piperidine rings is 1. The molecule has 0 spiro atoms. The summed E-state index contributed by atoms with van der Waals surface area (Å²) >= 11 is 0. The van der Waals surface area contributed by atoms with E-state index >= 15 is 0 Å². The average molecular weight is 461 g/mol. The van der Waals surface area contributed by atoms with Gasteiger partial charge in [-0.3, -0.25) is 4.79 Å². The van der Waals surface area contributed by atoms with Gasteiger partial charge in [0, 0.05) is 24.6 Å². The minimum Gasteiger partial charge on any atom is -0.497 e. The van der Waals surface area contributed by atoms with Crippen LogP contribution in [-0.4, -0.2) is 45.9 Å². The first-order valence-electron chi connectivity index (χ1n) is 10.8. The minimum absolute atomic E-state index is 0.0157. The van der Waals surface area contributed by atoms with E-state index in [0.717, 1.165) is 16.7 Å². The molecule has 7 nitrogen and oxygen atoms in total. The lowest BCUT2D eigenvalue weighted by atomic mass is 9.96. The van der Waals surface area contributed by atoms with Gasteiger partial charge in [0.05, 0.1) is 26.0 Å². The number of ether oxygens (including phenoxy) is 2. The Kier molecular flexibility index (Phi) is 7.79. The van der Waals surface area contributed by atoms with Crippen LogP contribution in [0.2, 0.25) is 0 Å². The first-order chi connectivity index (χ1) is 15.2. The van der Waals surface area contributed by atoms with E-state index in [1.54, 1.807) is 14.2 Å². The van der Waals surface area contributed by atoms with Gasteiger partial charge >= 0.3 is 0 Å². The van der Waals surface area contributed by atoms with E-state index in [-0.39, 0.29) is 23.6 Å². The van der Waals surface area contributed by atoms with Crippen molar-refractivity contribution in [2.75, 3.05) is 27.3 Å². The third kappa shape index (κ3) is 5.81. The highest BCUT2D eigenvalue weighted by molar-refractivity contribution is 7.88. The third-order valence-corrected chi connectivity index (χ3v) is 7.76. The van der Waals surface area contributed by atoms with Gasteiger partial charge in [-0.15, -0.1) is 0 Å². The number of nitrogens with zero attached hydrogens (tertiary/aromatic N) is 1. The Balaban J connectivity index is 1.58. The maximum atomic E-state index is 12.9. The molecule has 32 heavy (non-hydrogen) atoms. The molecule has 2 aromatic carbocycles. The highest BCUT2D eigenvalue weighted by Crippen LogP contribution is 2.30. The zero-order chi connectivity index (χ0) is 23.3. The van der Waals surface area contributed by atoms with Crippen LogP contribution in [0.4, 0.5) is 0 Å². The predicted octanol–water partition coefficient (Wildman–Crippen LogP) is 3.43. The van der Waals surface area contributed by atoms with E-state index in [1.807, 2.05) is 56.3 Å². The summed E-state index contributed by atoms with van der Waals surface area (Å²) < 4.78 is 37.9. The number of sulfonamides is 1. The van der Waals surface area contributed by atoms with E-state index in [1.165, 1.54) is 4.31 Å². The van der Waals surface area contributed by atoms with Gasteiger partial charge in [-0.1, -0.05) is 29.8 Å². The smallest absolute Gasteiger partial charge is 0.223 e. The molecule has 8 heteroatoms. The number of benzene rings is 2. The van der Waals surface area contributed by atoms with Crippen LogP contribution in [-0.2, 0) is 20.6 Å². The number of amides is 1. The number of hydrogen-bond donors (Lipinski definition) is 1. The molecule has 1 fully saturated rings. The van der Waals surface area contributed by atoms with Crippen molar-refractivity contribution in [1.82, 2.24) is 9.62 Å². The first kappa shape index (κ1) is 24.1. The van der Waals surface area contributed by atoms with E-state index in [2.05, 4.69) is 5.32 Å². The van der Waals surface area contributed by atoms with Crippen LogP contribution in [0, 0.1) is 12.8 Å². The van der Waals surface area contributed by atoms with Crippen LogP contribution in [0.3, 0.4) is 0 Å². The molecule has 1 heterocycles. The summed E-state index contributed by atoms with van der Waals surface area (Å²) in [6.45, 7) is 4.55. The highest BCUT2D eigenvalue weighted by atomic mass is 32.2. The molecule has 1 saturated heterocycles. The highest BCUT2D eigenvalue weighted by Gasteiger charge is 2.32. The van der Waals surface area contributed by atoms with Crippen molar-refractivity contribution < 1.29 is 22.7 Å². The molecule has 174 valence electrons. The number of carbonyl (C=O) groups is 1. The Labute approximate surface area is 190 Å². The maximum Gasteiger partial charge on any atom is 0.223 e. The van der Waals surface area contributed by atoms with Crippen molar-refractivity contribution >= 4 is 15.9 Å². The largest absolute Gasteiger partial charge is 0.497 e. The molecule has 1 atom stereocenters. The Bertz CT molecular complexity index is 1050. The second-order valence-electron chi connectivity index (χ2n) is 8.26. The van der Waals surface area contributed by atoms with E-state index in [9.17, 15) is 13.2 Å². The zero-order valence-corrected chi connectivity index (χ0v) is 19.9. The van der Waals surface area contributed by atoms with E-state index < -0.39 is 10.0 Å². The summed E-state index contributed by atoms with van der Waals surface area (Å²) in [5.41, 5.74) is 2.65. The number of hydrogen-bond acceptors (Lipinski definition) is 5. The van der Waals surface area contributed by atoms with E-state index in [0.29, 0.717) is 37.4 Å². The van der Waals surface area contributed by atoms with Crippen molar-refractivity contribution in [2.45, 2.75) is 38.5 Å². The molecule has 0 aromatic heterocycles. The first-order valence-corrected chi connectivity index (χ1v) is 12.4. The number of aryl methyl sites for hydroxylation is 1. The number of carbonyl (C=O) groups excluding carboxylic acids is 1. The van der Waals surface area contributed by atoms with Crippen LogP contribution in [0.15, 0.2) is 42.5 Å². The van der Waals surface area contributed by atoms with Gasteiger partial charge in [-0.2, -0.15) is 0 Å². The fourth-order valence-corrected chi connectivity index (χ4v) is 5.64. The molecule has 1 N–H and O–H groups in total. The Morgan fingerprint density at radius 3 is 2.47 bits per heavy atom. The fraction of sp³-hybridized carbons (Fsp3) is 0.458. The van der Waals surface area contributed by atoms with Gasteiger partial charge in [-0.05, 0) is 50.5 Å². The lowest BCUT2D eigenvalue weighted by Gasteiger charge is -2.31. The second-order valence-corrected chi connectivity index (χ2v) is 10.2. The quantitative estimate of drug-likeness (QED) is 0.652. The topological polar surface area (TPSA) is 84.9 Å². The molecule has 2 aromatic rings. The Morgan fingerprint density at radius 1 is 1.12 bits per heavy atom. The molecular formula is C24H32N2O5S. The van der Waals surface area contributed by atoms with Gasteiger partial charge in [-0.25, -0.2) is 12.7 Å². The Hall–Kier alpha value is -2.58. The fourth-order valence-electron chi connectivity index (χ4n) is 4.09. The third-order valence-electron chi connectivity index (χ3n) is 5.91. The van der Waals surface area contributed by atoms with Crippen molar-refractivity contribution in [3.8, 4) is 11.5 Å². The Morgan fingerprint density at radius 2 is 1.84 bits per heavy atom. The SMILES string of the molecule is COc1ccc(OC)c([C@@H](C)NC(=O)C2CCN(S(=O)(=O)Cc3cccc(C)c3)CC2)c1. The molecule has 3 rings (SSSR count). The second kappa shape index (κ2) is 10.4. The molecule has 1 aliphatic heterocycles. The van der Waals surface area contributed by atoms with Crippen LogP contribution in [0.5, 0.6) is 11.5 Å². The predicted molar refractivity (Wildman–Crippen MR) is 124 cm³/mol. The number of rotatable bonds is 8. The monoisotopic (exact) mass is 460 g/mol. The lowest BCUT2D eigenvalue weighted by Crippen LogP contribution is -2.43. The molecule has 1 aliphatic rings. The molecule has 1 amide bonds. The molecule has 0 unspecified atom stereocenters. The van der Waals surface area contributed by atoms with E-state index in [4.69, 9.17) is 9.47 Å². The molecule has 0 bridgehead atoms. The van der Waals surface area contributed by atoms with Crippen molar-refractivity contribution in [3.63, 3.8) is 0 Å². The molecular weight excluding hydrogens is 428 g/mol. The lowest BCUT2D eigenvalue weighted by molar-refractivity contribution is -0.126. The van der Waals surface area contributed by atoms with Crippen molar-refractivity contribution in [3.05, 3.63) is 59.2 Å². The standard InChI is InChI=1S/C24H32N2O5S/c1-17-6-5-7-19(14-17)16-32(28,29)26-12-10-20(11-13-26)24(27)25-18(2)22-15-21(30-3)8-9-23(22)31-4/h5-9,14-15,18,20H,10-13,16H2,1-4H3,(H,25,27)/t18-/m1/s1.